The summed E-state index contributed by atoms with van der Waals surface area (Å²) in [6.45, 7) is 2.70. The van der Waals surface area contributed by atoms with Crippen molar-refractivity contribution in [1.82, 2.24) is 0 Å². The average Bonchev–Trinajstić information content (AvgIpc) is 2.12. The molecule has 3 heteroatoms. The average molecular weight is 178 g/mol. The zero-order valence-corrected chi connectivity index (χ0v) is 7.71. The molecule has 3 nitrogen and oxygen atoms in total. The van der Waals surface area contributed by atoms with E-state index >= 15 is 0 Å². The third-order valence-electron chi connectivity index (χ3n) is 2.49. The lowest BCUT2D eigenvalue weighted by Crippen LogP contribution is -2.22. The largest absolute Gasteiger partial charge is 0.491 e. The van der Waals surface area contributed by atoms with Crippen molar-refractivity contribution < 1.29 is 4.74 Å². The topological polar surface area (TPSA) is 61.3 Å². The van der Waals surface area contributed by atoms with Crippen LogP contribution in [0.5, 0.6) is 5.75 Å². The second kappa shape index (κ2) is 2.92. The standard InChI is InChI=1S/C10H14N2O/c1-6-2-3-8(12)10-9(6)7(11)4-5-13-10/h2-3,7H,4-5,11-12H2,1H3/t7-/m0/s1. The van der Waals surface area contributed by atoms with Crippen LogP contribution >= 0.6 is 0 Å². The predicted octanol–water partition coefficient (Wildman–Crippen LogP) is 1.36. The molecular formula is C10H14N2O. The second-order valence-corrected chi connectivity index (χ2v) is 3.46. The summed E-state index contributed by atoms with van der Waals surface area (Å²) in [6.07, 6.45) is 0.872. The molecule has 13 heavy (non-hydrogen) atoms. The number of hydrogen-bond acceptors (Lipinski definition) is 3. The van der Waals surface area contributed by atoms with Crippen molar-refractivity contribution in [2.45, 2.75) is 19.4 Å². The Hall–Kier alpha value is -1.22. The number of benzene rings is 1. The molecular weight excluding hydrogens is 164 g/mol. The molecule has 0 aliphatic carbocycles. The SMILES string of the molecule is Cc1ccc(N)c2c1[C@@H](N)CCO2. The molecule has 1 aromatic rings. The summed E-state index contributed by atoms with van der Waals surface area (Å²) in [5, 5.41) is 0. The molecule has 1 aliphatic heterocycles. The molecule has 0 saturated carbocycles. The minimum Gasteiger partial charge on any atom is -0.491 e. The second-order valence-electron chi connectivity index (χ2n) is 3.46. The molecule has 1 atom stereocenters. The molecule has 1 heterocycles. The molecule has 2 rings (SSSR count). The van der Waals surface area contributed by atoms with Gasteiger partial charge in [0.25, 0.3) is 0 Å². The van der Waals surface area contributed by atoms with Crippen LogP contribution in [0.3, 0.4) is 0 Å². The van der Waals surface area contributed by atoms with Crippen LogP contribution in [0.1, 0.15) is 23.6 Å². The van der Waals surface area contributed by atoms with Gasteiger partial charge in [0.15, 0.2) is 0 Å². The number of nitrogen functional groups attached to an aromatic ring is 1. The van der Waals surface area contributed by atoms with Crippen LogP contribution in [-0.2, 0) is 0 Å². The number of aryl methyl sites for hydroxylation is 1. The Morgan fingerprint density at radius 2 is 2.23 bits per heavy atom. The number of hydrogen-bond donors (Lipinski definition) is 2. The molecule has 1 aromatic carbocycles. The Labute approximate surface area is 77.7 Å². The Bertz CT molecular complexity index is 336. The van der Waals surface area contributed by atoms with Gasteiger partial charge in [-0.25, -0.2) is 0 Å². The molecule has 0 radical (unpaired) electrons. The van der Waals surface area contributed by atoms with Crippen molar-refractivity contribution >= 4 is 5.69 Å². The van der Waals surface area contributed by atoms with E-state index in [0.29, 0.717) is 12.3 Å². The van der Waals surface area contributed by atoms with E-state index in [1.54, 1.807) is 0 Å². The van der Waals surface area contributed by atoms with Gasteiger partial charge >= 0.3 is 0 Å². The van der Waals surface area contributed by atoms with Crippen molar-refractivity contribution in [3.63, 3.8) is 0 Å². The first-order valence-electron chi connectivity index (χ1n) is 4.47. The molecule has 0 aromatic heterocycles. The van der Waals surface area contributed by atoms with E-state index in [1.807, 2.05) is 19.1 Å². The highest BCUT2D eigenvalue weighted by Crippen LogP contribution is 2.37. The van der Waals surface area contributed by atoms with Crippen LogP contribution in [0.4, 0.5) is 5.69 Å². The molecule has 0 bridgehead atoms. The number of ether oxygens (including phenoxy) is 1. The van der Waals surface area contributed by atoms with E-state index < -0.39 is 0 Å². The highest BCUT2D eigenvalue weighted by molar-refractivity contribution is 5.60. The summed E-state index contributed by atoms with van der Waals surface area (Å²) in [4.78, 5) is 0. The van der Waals surface area contributed by atoms with Crippen LogP contribution in [-0.4, -0.2) is 6.61 Å². The molecule has 0 spiro atoms. The highest BCUT2D eigenvalue weighted by atomic mass is 16.5. The predicted molar refractivity (Wildman–Crippen MR) is 52.6 cm³/mol. The maximum atomic E-state index is 5.98. The Balaban J connectivity index is 2.60. The van der Waals surface area contributed by atoms with Gasteiger partial charge in [0.1, 0.15) is 5.75 Å². The van der Waals surface area contributed by atoms with Crippen molar-refractivity contribution in [1.29, 1.82) is 0 Å². The fourth-order valence-corrected chi connectivity index (χ4v) is 1.77. The van der Waals surface area contributed by atoms with E-state index in [4.69, 9.17) is 16.2 Å². The van der Waals surface area contributed by atoms with Gasteiger partial charge in [0.2, 0.25) is 0 Å². The van der Waals surface area contributed by atoms with Gasteiger partial charge in [-0.05, 0) is 18.6 Å². The normalized spacial score (nSPS) is 20.6. The summed E-state index contributed by atoms with van der Waals surface area (Å²) in [5.41, 5.74) is 14.7. The van der Waals surface area contributed by atoms with E-state index in [2.05, 4.69) is 0 Å². The van der Waals surface area contributed by atoms with Crippen molar-refractivity contribution in [2.75, 3.05) is 12.3 Å². The first-order valence-corrected chi connectivity index (χ1v) is 4.47. The van der Waals surface area contributed by atoms with Gasteiger partial charge in [-0.15, -0.1) is 0 Å². The maximum absolute atomic E-state index is 5.98. The molecule has 0 amide bonds. The number of fused-ring (bicyclic) bond motifs is 1. The lowest BCUT2D eigenvalue weighted by Gasteiger charge is -2.25. The summed E-state index contributed by atoms with van der Waals surface area (Å²) in [6, 6.07) is 3.93. The molecule has 1 aliphatic rings. The first-order chi connectivity index (χ1) is 6.20. The maximum Gasteiger partial charge on any atom is 0.147 e. The van der Waals surface area contributed by atoms with Gasteiger partial charge in [0, 0.05) is 18.0 Å². The number of nitrogens with two attached hydrogens (primary N) is 2. The molecule has 4 N–H and O–H groups in total. The Morgan fingerprint density at radius 3 is 2.92 bits per heavy atom. The number of anilines is 1. The Morgan fingerprint density at radius 1 is 1.46 bits per heavy atom. The van der Waals surface area contributed by atoms with E-state index in [0.717, 1.165) is 23.3 Å². The van der Waals surface area contributed by atoms with Gasteiger partial charge in [-0.3, -0.25) is 0 Å². The first kappa shape index (κ1) is 8.38. The minimum atomic E-state index is 0.0762. The summed E-state index contributed by atoms with van der Waals surface area (Å²) in [7, 11) is 0. The summed E-state index contributed by atoms with van der Waals surface area (Å²) >= 11 is 0. The zero-order valence-electron chi connectivity index (χ0n) is 7.71. The summed E-state index contributed by atoms with van der Waals surface area (Å²) in [5.74, 6) is 0.791. The van der Waals surface area contributed by atoms with Crippen LogP contribution in [0.2, 0.25) is 0 Å². The Kier molecular flexibility index (Phi) is 1.88. The fraction of sp³-hybridized carbons (Fsp3) is 0.400. The smallest absolute Gasteiger partial charge is 0.147 e. The van der Waals surface area contributed by atoms with Gasteiger partial charge in [0.05, 0.1) is 12.3 Å². The summed E-state index contributed by atoms with van der Waals surface area (Å²) < 4.78 is 5.50. The van der Waals surface area contributed by atoms with Gasteiger partial charge in [-0.1, -0.05) is 6.07 Å². The van der Waals surface area contributed by atoms with Crippen molar-refractivity contribution in [3.8, 4) is 5.75 Å². The zero-order chi connectivity index (χ0) is 9.42. The number of rotatable bonds is 0. The van der Waals surface area contributed by atoms with E-state index in [9.17, 15) is 0 Å². The molecule has 0 saturated heterocycles. The van der Waals surface area contributed by atoms with E-state index in [1.165, 1.54) is 0 Å². The van der Waals surface area contributed by atoms with Crippen LogP contribution < -0.4 is 16.2 Å². The van der Waals surface area contributed by atoms with Gasteiger partial charge < -0.3 is 16.2 Å². The molecule has 0 fully saturated rings. The monoisotopic (exact) mass is 178 g/mol. The lowest BCUT2D eigenvalue weighted by molar-refractivity contribution is 0.270. The lowest BCUT2D eigenvalue weighted by atomic mass is 9.96. The van der Waals surface area contributed by atoms with Crippen LogP contribution in [0.25, 0.3) is 0 Å². The van der Waals surface area contributed by atoms with E-state index in [-0.39, 0.29) is 6.04 Å². The molecule has 70 valence electrons. The third kappa shape index (κ3) is 1.25. The van der Waals surface area contributed by atoms with Gasteiger partial charge in [-0.2, -0.15) is 0 Å². The minimum absolute atomic E-state index is 0.0762. The fourth-order valence-electron chi connectivity index (χ4n) is 1.77. The third-order valence-corrected chi connectivity index (χ3v) is 2.49. The van der Waals surface area contributed by atoms with Crippen molar-refractivity contribution in [2.24, 2.45) is 5.73 Å². The quantitative estimate of drug-likeness (QED) is 0.590. The van der Waals surface area contributed by atoms with Crippen LogP contribution in [0.15, 0.2) is 12.1 Å². The highest BCUT2D eigenvalue weighted by Gasteiger charge is 2.21. The van der Waals surface area contributed by atoms with Crippen molar-refractivity contribution in [3.05, 3.63) is 23.3 Å². The molecule has 0 unspecified atom stereocenters. The van der Waals surface area contributed by atoms with Crippen LogP contribution in [0, 0.1) is 6.92 Å².